The Hall–Kier alpha value is -3.22. The Bertz CT molecular complexity index is 1090. The fraction of sp³-hybridized carbons (Fsp3) is 0.269. The SMILES string of the molecule is COc1ccccc1NC(=O)N1CCOc2ccc(COCCc3ccc(Cl)cc3)cc2C1. The minimum Gasteiger partial charge on any atom is -0.495 e. The number of amides is 2. The summed E-state index contributed by atoms with van der Waals surface area (Å²) in [7, 11) is 1.58. The van der Waals surface area contributed by atoms with E-state index in [9.17, 15) is 4.79 Å². The molecule has 3 aromatic carbocycles. The molecule has 2 amide bonds. The lowest BCUT2D eigenvalue weighted by molar-refractivity contribution is 0.123. The molecule has 7 heteroatoms. The summed E-state index contributed by atoms with van der Waals surface area (Å²) in [6.45, 7) is 2.48. The first-order valence-corrected chi connectivity index (χ1v) is 11.3. The molecule has 0 atom stereocenters. The van der Waals surface area contributed by atoms with Crippen molar-refractivity contribution in [3.63, 3.8) is 0 Å². The number of nitrogens with zero attached hydrogens (tertiary/aromatic N) is 1. The predicted molar refractivity (Wildman–Crippen MR) is 129 cm³/mol. The molecule has 1 aliphatic heterocycles. The van der Waals surface area contributed by atoms with Gasteiger partial charge in [-0.3, -0.25) is 0 Å². The minimum atomic E-state index is -0.194. The fourth-order valence-electron chi connectivity index (χ4n) is 3.68. The Morgan fingerprint density at radius 1 is 1.09 bits per heavy atom. The Morgan fingerprint density at radius 2 is 1.88 bits per heavy atom. The lowest BCUT2D eigenvalue weighted by Crippen LogP contribution is -2.36. The van der Waals surface area contributed by atoms with Crippen LogP contribution in [0.25, 0.3) is 0 Å². The smallest absolute Gasteiger partial charge is 0.322 e. The van der Waals surface area contributed by atoms with E-state index < -0.39 is 0 Å². The maximum atomic E-state index is 12.9. The first-order valence-electron chi connectivity index (χ1n) is 10.9. The molecule has 0 fully saturated rings. The largest absolute Gasteiger partial charge is 0.495 e. The summed E-state index contributed by atoms with van der Waals surface area (Å²) >= 11 is 5.93. The number of rotatable bonds is 7. The van der Waals surface area contributed by atoms with Crippen molar-refractivity contribution in [1.29, 1.82) is 0 Å². The summed E-state index contributed by atoms with van der Waals surface area (Å²) in [5.41, 5.74) is 3.83. The normalized spacial score (nSPS) is 13.0. The van der Waals surface area contributed by atoms with Gasteiger partial charge < -0.3 is 24.4 Å². The van der Waals surface area contributed by atoms with Crippen LogP contribution in [-0.4, -0.2) is 37.8 Å². The molecule has 4 rings (SSSR count). The first-order chi connectivity index (χ1) is 16.1. The number of nitrogens with one attached hydrogen (secondary N) is 1. The zero-order valence-corrected chi connectivity index (χ0v) is 19.3. The molecule has 0 saturated carbocycles. The maximum Gasteiger partial charge on any atom is 0.322 e. The number of halogens is 1. The molecular weight excluding hydrogens is 440 g/mol. The average Bonchev–Trinajstić information content (AvgIpc) is 3.05. The van der Waals surface area contributed by atoms with Gasteiger partial charge in [0.1, 0.15) is 18.1 Å². The van der Waals surface area contributed by atoms with Gasteiger partial charge in [-0.25, -0.2) is 4.79 Å². The number of hydrogen-bond acceptors (Lipinski definition) is 4. The summed E-state index contributed by atoms with van der Waals surface area (Å²) in [6.07, 6.45) is 0.822. The minimum absolute atomic E-state index is 0.194. The second-order valence-electron chi connectivity index (χ2n) is 7.77. The van der Waals surface area contributed by atoms with Crippen LogP contribution in [0.15, 0.2) is 66.7 Å². The molecule has 1 N–H and O–H groups in total. The van der Waals surface area contributed by atoms with Gasteiger partial charge in [-0.15, -0.1) is 0 Å². The molecule has 172 valence electrons. The van der Waals surface area contributed by atoms with Crippen molar-refractivity contribution in [2.24, 2.45) is 0 Å². The third kappa shape index (κ3) is 6.18. The summed E-state index contributed by atoms with van der Waals surface area (Å²) in [5.74, 6) is 1.42. The monoisotopic (exact) mass is 466 g/mol. The molecule has 0 aromatic heterocycles. The molecule has 0 spiro atoms. The molecule has 1 heterocycles. The number of ether oxygens (including phenoxy) is 3. The van der Waals surface area contributed by atoms with E-state index in [4.69, 9.17) is 25.8 Å². The number of hydrogen-bond donors (Lipinski definition) is 1. The van der Waals surface area contributed by atoms with E-state index in [1.54, 1.807) is 12.0 Å². The van der Waals surface area contributed by atoms with Crippen molar-refractivity contribution in [3.8, 4) is 11.5 Å². The van der Waals surface area contributed by atoms with Crippen LogP contribution in [0.4, 0.5) is 10.5 Å². The third-order valence-corrected chi connectivity index (χ3v) is 5.71. The van der Waals surface area contributed by atoms with Crippen molar-refractivity contribution in [1.82, 2.24) is 4.90 Å². The molecule has 33 heavy (non-hydrogen) atoms. The van der Waals surface area contributed by atoms with Crippen LogP contribution < -0.4 is 14.8 Å². The summed E-state index contributed by atoms with van der Waals surface area (Å²) in [5, 5.41) is 3.67. The van der Waals surface area contributed by atoms with E-state index in [1.165, 1.54) is 5.56 Å². The van der Waals surface area contributed by atoms with Gasteiger partial charge in [0, 0.05) is 10.6 Å². The molecule has 3 aromatic rings. The van der Waals surface area contributed by atoms with Crippen LogP contribution in [0.5, 0.6) is 11.5 Å². The average molecular weight is 467 g/mol. The van der Waals surface area contributed by atoms with Gasteiger partial charge in [0.2, 0.25) is 0 Å². The van der Waals surface area contributed by atoms with Crippen molar-refractivity contribution >= 4 is 23.3 Å². The summed E-state index contributed by atoms with van der Waals surface area (Å²) in [6, 6.07) is 21.0. The number of para-hydroxylation sites is 2. The van der Waals surface area contributed by atoms with Crippen LogP contribution in [0.1, 0.15) is 16.7 Å². The van der Waals surface area contributed by atoms with Crippen molar-refractivity contribution in [2.45, 2.75) is 19.6 Å². The molecule has 1 aliphatic rings. The van der Waals surface area contributed by atoms with E-state index in [0.29, 0.717) is 44.3 Å². The zero-order chi connectivity index (χ0) is 23.0. The van der Waals surface area contributed by atoms with Gasteiger partial charge in [0.15, 0.2) is 0 Å². The first kappa shape index (κ1) is 23.0. The van der Waals surface area contributed by atoms with Gasteiger partial charge in [-0.1, -0.05) is 41.9 Å². The number of fused-ring (bicyclic) bond motifs is 1. The van der Waals surface area contributed by atoms with Gasteiger partial charge in [-0.2, -0.15) is 0 Å². The van der Waals surface area contributed by atoms with Crippen molar-refractivity contribution in [3.05, 3.63) is 88.4 Å². The lowest BCUT2D eigenvalue weighted by atomic mass is 10.1. The highest BCUT2D eigenvalue weighted by Gasteiger charge is 2.21. The Kier molecular flexibility index (Phi) is 7.70. The topological polar surface area (TPSA) is 60.0 Å². The number of anilines is 1. The standard InChI is InChI=1S/C26H27ClN2O4/c1-31-25-5-3-2-4-23(25)28-26(30)29-13-15-33-24-11-8-20(16-21(24)17-29)18-32-14-12-19-6-9-22(27)10-7-19/h2-11,16H,12-15,17-18H2,1H3,(H,28,30). The highest BCUT2D eigenvalue weighted by Crippen LogP contribution is 2.27. The van der Waals surface area contributed by atoms with Crippen LogP contribution in [-0.2, 0) is 24.3 Å². The van der Waals surface area contributed by atoms with E-state index in [-0.39, 0.29) is 6.03 Å². The fourth-order valence-corrected chi connectivity index (χ4v) is 3.81. The third-order valence-electron chi connectivity index (χ3n) is 5.46. The van der Waals surface area contributed by atoms with Gasteiger partial charge in [-0.05, 0) is 53.9 Å². The Labute approximate surface area is 199 Å². The van der Waals surface area contributed by atoms with Crippen LogP contribution in [0.3, 0.4) is 0 Å². The van der Waals surface area contributed by atoms with Crippen molar-refractivity contribution in [2.75, 3.05) is 32.2 Å². The highest BCUT2D eigenvalue weighted by atomic mass is 35.5. The molecule has 0 radical (unpaired) electrons. The van der Waals surface area contributed by atoms with E-state index in [1.807, 2.05) is 66.7 Å². The quantitative estimate of drug-likeness (QED) is 0.465. The van der Waals surface area contributed by atoms with Crippen LogP contribution in [0, 0.1) is 0 Å². The number of carbonyl (C=O) groups excluding carboxylic acids is 1. The van der Waals surface area contributed by atoms with E-state index >= 15 is 0 Å². The molecule has 0 saturated heterocycles. The Morgan fingerprint density at radius 3 is 2.70 bits per heavy atom. The molecule has 0 aliphatic carbocycles. The van der Waals surface area contributed by atoms with E-state index in [0.717, 1.165) is 28.3 Å². The second-order valence-corrected chi connectivity index (χ2v) is 8.21. The molecule has 0 bridgehead atoms. The molecular formula is C26H27ClN2O4. The van der Waals surface area contributed by atoms with Crippen LogP contribution in [0.2, 0.25) is 5.02 Å². The number of carbonyl (C=O) groups is 1. The molecule has 6 nitrogen and oxygen atoms in total. The molecule has 0 unspecified atom stereocenters. The van der Waals surface area contributed by atoms with Gasteiger partial charge >= 0.3 is 6.03 Å². The van der Waals surface area contributed by atoms with Crippen molar-refractivity contribution < 1.29 is 19.0 Å². The van der Waals surface area contributed by atoms with Gasteiger partial charge in [0.05, 0.1) is 39.1 Å². The number of benzene rings is 3. The highest BCUT2D eigenvalue weighted by molar-refractivity contribution is 6.30. The summed E-state index contributed by atoms with van der Waals surface area (Å²) < 4.78 is 17.1. The van der Waals surface area contributed by atoms with Gasteiger partial charge in [0.25, 0.3) is 0 Å². The summed E-state index contributed by atoms with van der Waals surface area (Å²) in [4.78, 5) is 14.7. The maximum absolute atomic E-state index is 12.9. The number of methoxy groups -OCH3 is 1. The zero-order valence-electron chi connectivity index (χ0n) is 18.6. The number of urea groups is 1. The lowest BCUT2D eigenvalue weighted by Gasteiger charge is -2.21. The predicted octanol–water partition coefficient (Wildman–Crippen LogP) is 5.53. The van der Waals surface area contributed by atoms with E-state index in [2.05, 4.69) is 5.32 Å². The van der Waals surface area contributed by atoms with Crippen LogP contribution >= 0.6 is 11.6 Å². The second kappa shape index (κ2) is 11.1. The Balaban J connectivity index is 1.35.